The average Bonchev–Trinajstić information content (AvgIpc) is 3.19. The van der Waals surface area contributed by atoms with Crippen LogP contribution in [0.2, 0.25) is 0 Å². The molecule has 6 heteroatoms. The molecule has 1 aliphatic heterocycles. The number of aliphatic hydroxyl groups excluding tert-OH is 1. The zero-order valence-electron chi connectivity index (χ0n) is 17.3. The zero-order valence-corrected chi connectivity index (χ0v) is 17.3. The van der Waals surface area contributed by atoms with E-state index in [0.717, 1.165) is 27.7 Å². The number of ether oxygens (including phenoxy) is 1. The van der Waals surface area contributed by atoms with Gasteiger partial charge in [-0.2, -0.15) is 0 Å². The highest BCUT2D eigenvalue weighted by molar-refractivity contribution is 5.91. The molecule has 3 aromatic carbocycles. The summed E-state index contributed by atoms with van der Waals surface area (Å²) in [6, 6.07) is 21.0. The maximum absolute atomic E-state index is 13.4. The summed E-state index contributed by atoms with van der Waals surface area (Å²) in [4.78, 5) is 16.2. The Kier molecular flexibility index (Phi) is 5.37. The zero-order chi connectivity index (χ0) is 22.1. The van der Waals surface area contributed by atoms with Gasteiger partial charge < -0.3 is 20.1 Å². The van der Waals surface area contributed by atoms with Gasteiger partial charge in [-0.05, 0) is 53.9 Å². The van der Waals surface area contributed by atoms with Crippen LogP contribution in [0.15, 0.2) is 72.8 Å². The number of aromatic amines is 1. The molecule has 1 amide bonds. The van der Waals surface area contributed by atoms with Gasteiger partial charge in [0.15, 0.2) is 0 Å². The fourth-order valence-corrected chi connectivity index (χ4v) is 4.30. The van der Waals surface area contributed by atoms with E-state index < -0.39 is 12.1 Å². The molecule has 0 bridgehead atoms. The van der Waals surface area contributed by atoms with Gasteiger partial charge in [0, 0.05) is 28.6 Å². The van der Waals surface area contributed by atoms with Crippen LogP contribution >= 0.6 is 0 Å². The molecule has 0 radical (unpaired) electrons. The van der Waals surface area contributed by atoms with Crippen LogP contribution < -0.4 is 10.1 Å². The van der Waals surface area contributed by atoms with E-state index in [1.807, 2.05) is 42.5 Å². The topological polar surface area (TPSA) is 74.4 Å². The molecule has 3 N–H and O–H groups in total. The second-order valence-corrected chi connectivity index (χ2v) is 8.00. The number of carbonyl (C=O) groups is 1. The second-order valence-electron chi connectivity index (χ2n) is 8.00. The molecule has 1 aliphatic rings. The molecule has 0 spiro atoms. The largest absolute Gasteiger partial charge is 0.491 e. The standard InChI is InChI=1S/C26H23FN2O3/c27-17-11-9-16(10-12-17)25-19(18-5-1-3-7-21(18)29-25)13-14-24(30)28-22-15-32-23-8-4-2-6-20(23)26(22)31/h1-12,22,26,29,31H,13-15H2,(H,28,30)/t22-,26-/m0/s1. The highest BCUT2D eigenvalue weighted by Crippen LogP contribution is 2.33. The van der Waals surface area contributed by atoms with Crippen molar-refractivity contribution in [2.75, 3.05) is 6.61 Å². The fraction of sp³-hybridized carbons (Fsp3) is 0.192. The molecule has 5 nitrogen and oxygen atoms in total. The third kappa shape index (κ3) is 3.85. The van der Waals surface area contributed by atoms with E-state index in [-0.39, 0.29) is 24.8 Å². The molecule has 0 saturated carbocycles. The monoisotopic (exact) mass is 430 g/mol. The summed E-state index contributed by atoms with van der Waals surface area (Å²) in [6.45, 7) is 0.220. The van der Waals surface area contributed by atoms with Gasteiger partial charge in [0.2, 0.25) is 5.91 Å². The number of hydrogen-bond acceptors (Lipinski definition) is 3. The summed E-state index contributed by atoms with van der Waals surface area (Å²) < 4.78 is 19.1. The summed E-state index contributed by atoms with van der Waals surface area (Å²) in [5.41, 5.74) is 4.40. The van der Waals surface area contributed by atoms with Gasteiger partial charge in [0.05, 0.1) is 6.04 Å². The first kappa shape index (κ1) is 20.3. The molecule has 2 heterocycles. The van der Waals surface area contributed by atoms with Gasteiger partial charge in [0.25, 0.3) is 0 Å². The van der Waals surface area contributed by atoms with Crippen molar-refractivity contribution >= 4 is 16.8 Å². The number of amides is 1. The maximum atomic E-state index is 13.4. The molecule has 5 rings (SSSR count). The van der Waals surface area contributed by atoms with Crippen LogP contribution in [0.4, 0.5) is 4.39 Å². The summed E-state index contributed by atoms with van der Waals surface area (Å²) in [7, 11) is 0. The van der Waals surface area contributed by atoms with E-state index >= 15 is 0 Å². The molecule has 0 aliphatic carbocycles. The maximum Gasteiger partial charge on any atom is 0.220 e. The van der Waals surface area contributed by atoms with Crippen molar-refractivity contribution in [3.63, 3.8) is 0 Å². The number of aryl methyl sites for hydroxylation is 1. The van der Waals surface area contributed by atoms with E-state index in [0.29, 0.717) is 17.7 Å². The van der Waals surface area contributed by atoms with Gasteiger partial charge in [-0.1, -0.05) is 36.4 Å². The predicted octanol–water partition coefficient (Wildman–Crippen LogP) is 4.52. The van der Waals surface area contributed by atoms with Gasteiger partial charge in [0.1, 0.15) is 24.3 Å². The van der Waals surface area contributed by atoms with E-state index in [9.17, 15) is 14.3 Å². The number of rotatable bonds is 5. The number of H-pyrrole nitrogens is 1. The van der Waals surface area contributed by atoms with Crippen molar-refractivity contribution in [2.24, 2.45) is 0 Å². The van der Waals surface area contributed by atoms with Crippen molar-refractivity contribution in [3.05, 3.63) is 89.7 Å². The fourth-order valence-electron chi connectivity index (χ4n) is 4.30. The van der Waals surface area contributed by atoms with Crippen molar-refractivity contribution in [1.82, 2.24) is 10.3 Å². The number of halogens is 1. The van der Waals surface area contributed by atoms with E-state index in [1.54, 1.807) is 18.2 Å². The van der Waals surface area contributed by atoms with Crippen LogP contribution in [0.25, 0.3) is 22.2 Å². The van der Waals surface area contributed by atoms with Crippen LogP contribution in [0.3, 0.4) is 0 Å². The van der Waals surface area contributed by atoms with Crippen molar-refractivity contribution < 1.29 is 19.0 Å². The Labute approximate surface area is 184 Å². The molecule has 0 unspecified atom stereocenters. The Bertz CT molecular complexity index is 1270. The first-order chi connectivity index (χ1) is 15.6. The van der Waals surface area contributed by atoms with Crippen molar-refractivity contribution in [1.29, 1.82) is 0 Å². The first-order valence-electron chi connectivity index (χ1n) is 10.6. The number of carbonyl (C=O) groups excluding carboxylic acids is 1. The van der Waals surface area contributed by atoms with Crippen molar-refractivity contribution in [3.8, 4) is 17.0 Å². The summed E-state index contributed by atoms with van der Waals surface area (Å²) in [6.07, 6.45) is -0.0595. The molecule has 162 valence electrons. The van der Waals surface area contributed by atoms with Crippen LogP contribution in [0.1, 0.15) is 23.7 Å². The predicted molar refractivity (Wildman–Crippen MR) is 121 cm³/mol. The van der Waals surface area contributed by atoms with Crippen LogP contribution in [-0.4, -0.2) is 28.6 Å². The van der Waals surface area contributed by atoms with E-state index in [2.05, 4.69) is 10.3 Å². The lowest BCUT2D eigenvalue weighted by atomic mass is 9.98. The Hall–Kier alpha value is -3.64. The summed E-state index contributed by atoms with van der Waals surface area (Å²) in [5, 5.41) is 14.6. The van der Waals surface area contributed by atoms with Crippen LogP contribution in [0, 0.1) is 5.82 Å². The van der Waals surface area contributed by atoms with Gasteiger partial charge >= 0.3 is 0 Å². The Balaban J connectivity index is 1.33. The smallest absolute Gasteiger partial charge is 0.220 e. The second kappa shape index (κ2) is 8.48. The van der Waals surface area contributed by atoms with Gasteiger partial charge in [-0.25, -0.2) is 4.39 Å². The minimum atomic E-state index is -0.813. The summed E-state index contributed by atoms with van der Waals surface area (Å²) >= 11 is 0. The van der Waals surface area contributed by atoms with Crippen LogP contribution in [0.5, 0.6) is 5.75 Å². The van der Waals surface area contributed by atoms with E-state index in [1.165, 1.54) is 12.1 Å². The lowest BCUT2D eigenvalue weighted by Gasteiger charge is -2.30. The normalized spacial score (nSPS) is 17.6. The summed E-state index contributed by atoms with van der Waals surface area (Å²) in [5.74, 6) is 0.196. The minimum Gasteiger partial charge on any atom is -0.491 e. The number of fused-ring (bicyclic) bond motifs is 2. The number of aromatic nitrogens is 1. The molecule has 0 fully saturated rings. The first-order valence-corrected chi connectivity index (χ1v) is 10.6. The van der Waals surface area contributed by atoms with Gasteiger partial charge in [-0.15, -0.1) is 0 Å². The molecule has 32 heavy (non-hydrogen) atoms. The van der Waals surface area contributed by atoms with Crippen molar-refractivity contribution in [2.45, 2.75) is 25.0 Å². The Morgan fingerprint density at radius 1 is 1.06 bits per heavy atom. The van der Waals surface area contributed by atoms with Crippen LogP contribution in [-0.2, 0) is 11.2 Å². The SMILES string of the molecule is O=C(CCc1c(-c2ccc(F)cc2)[nH]c2ccccc12)N[C@H]1COc2ccccc2[C@@H]1O. The lowest BCUT2D eigenvalue weighted by molar-refractivity contribution is -0.123. The minimum absolute atomic E-state index is 0.160. The highest BCUT2D eigenvalue weighted by Gasteiger charge is 2.30. The highest BCUT2D eigenvalue weighted by atomic mass is 19.1. The molecular formula is C26H23FN2O3. The average molecular weight is 430 g/mol. The lowest BCUT2D eigenvalue weighted by Crippen LogP contribution is -2.45. The Morgan fingerprint density at radius 3 is 2.66 bits per heavy atom. The molecule has 1 aromatic heterocycles. The molecule has 2 atom stereocenters. The molecule has 4 aromatic rings. The third-order valence-electron chi connectivity index (χ3n) is 5.93. The molecular weight excluding hydrogens is 407 g/mol. The number of para-hydroxylation sites is 2. The van der Waals surface area contributed by atoms with Gasteiger partial charge in [-0.3, -0.25) is 4.79 Å². The number of nitrogens with one attached hydrogen (secondary N) is 2. The Morgan fingerprint density at radius 2 is 1.81 bits per heavy atom. The quantitative estimate of drug-likeness (QED) is 0.436. The molecule has 0 saturated heterocycles. The number of aliphatic hydroxyl groups is 1. The third-order valence-corrected chi connectivity index (χ3v) is 5.93. The number of benzene rings is 3. The van der Waals surface area contributed by atoms with E-state index in [4.69, 9.17) is 4.74 Å². The number of hydrogen-bond donors (Lipinski definition) is 3.